The predicted octanol–water partition coefficient (Wildman–Crippen LogP) is 3.22. The normalized spacial score (nSPS) is 30.8. The zero-order chi connectivity index (χ0) is 24.2. The second-order valence-electron chi connectivity index (χ2n) is 10.8. The van der Waals surface area contributed by atoms with Gasteiger partial charge in [-0.15, -0.1) is 0 Å². The number of esters is 1. The number of carbonyl (C=O) groups is 3. The lowest BCUT2D eigenvalue weighted by Gasteiger charge is -2.27. The molecule has 2 amide bonds. The van der Waals surface area contributed by atoms with Crippen molar-refractivity contribution in [2.24, 2.45) is 17.8 Å². The third-order valence-corrected chi connectivity index (χ3v) is 7.70. The van der Waals surface area contributed by atoms with Crippen LogP contribution in [0.4, 0.5) is 5.69 Å². The smallest absolute Gasteiger partial charge is 0.313 e. The number of nitrogens with zero attached hydrogens (tertiary/aromatic N) is 1. The molecular formula is C27H34N2O5. The molecule has 2 saturated heterocycles. The molecule has 1 saturated carbocycles. The summed E-state index contributed by atoms with van der Waals surface area (Å²) in [5.41, 5.74) is 2.13. The minimum atomic E-state index is -0.890. The Morgan fingerprint density at radius 2 is 1.82 bits per heavy atom. The Balaban J connectivity index is 1.35. The van der Waals surface area contributed by atoms with Crippen LogP contribution in [-0.2, 0) is 23.9 Å². The van der Waals surface area contributed by atoms with Crippen LogP contribution in [0.1, 0.15) is 50.7 Å². The molecule has 5 atom stereocenters. The first-order valence-electron chi connectivity index (χ1n) is 12.5. The Kier molecular flexibility index (Phi) is 5.79. The summed E-state index contributed by atoms with van der Waals surface area (Å²) in [4.78, 5) is 41.7. The molecule has 34 heavy (non-hydrogen) atoms. The van der Waals surface area contributed by atoms with Crippen LogP contribution < -0.4 is 10.2 Å². The molecule has 3 fully saturated rings. The maximum atomic E-state index is 13.6. The van der Waals surface area contributed by atoms with Gasteiger partial charge in [0.2, 0.25) is 5.91 Å². The number of fused-ring (bicyclic) bond motifs is 1. The van der Waals surface area contributed by atoms with Gasteiger partial charge >= 0.3 is 5.97 Å². The molecule has 5 rings (SSSR count). The third kappa shape index (κ3) is 3.84. The summed E-state index contributed by atoms with van der Waals surface area (Å²) in [6.07, 6.45) is 6.53. The number of hydrogen-bond donors (Lipinski definition) is 1. The van der Waals surface area contributed by atoms with Gasteiger partial charge in [0.1, 0.15) is 11.5 Å². The highest BCUT2D eigenvalue weighted by Gasteiger charge is 2.67. The van der Waals surface area contributed by atoms with E-state index in [1.807, 2.05) is 52.0 Å². The lowest BCUT2D eigenvalue weighted by molar-refractivity contribution is -0.165. The van der Waals surface area contributed by atoms with E-state index in [-0.39, 0.29) is 23.8 Å². The van der Waals surface area contributed by atoms with E-state index in [0.717, 1.165) is 42.5 Å². The fourth-order valence-electron chi connectivity index (χ4n) is 6.14. The molecule has 182 valence electrons. The Bertz CT molecular complexity index is 1020. The highest BCUT2D eigenvalue weighted by Crippen LogP contribution is 2.53. The van der Waals surface area contributed by atoms with Crippen LogP contribution in [0.5, 0.6) is 0 Å². The van der Waals surface area contributed by atoms with Crippen LogP contribution >= 0.6 is 0 Å². The van der Waals surface area contributed by atoms with Crippen molar-refractivity contribution in [1.29, 1.82) is 0 Å². The van der Waals surface area contributed by atoms with E-state index >= 15 is 0 Å². The van der Waals surface area contributed by atoms with E-state index < -0.39 is 35.6 Å². The standard InChI is InChI=1S/C27H34N2O5/c1-15(2)23(24(30)28-18-7-5-6-8-18)33-26(32)21-20-9-10-27(34-20)14-29(25(31)22(21)27)19-12-16(3)11-17(4)13-19/h9-13,15,18,20-23H,5-8,14H2,1-4H3,(H,28,30)/t20-,21+,22-,23+,27+/m1/s1. The summed E-state index contributed by atoms with van der Waals surface area (Å²) in [6, 6.07) is 6.17. The molecule has 1 aliphatic carbocycles. The van der Waals surface area contributed by atoms with Crippen molar-refractivity contribution in [2.45, 2.75) is 77.2 Å². The fraction of sp³-hybridized carbons (Fsp3) is 0.593. The Morgan fingerprint density at radius 3 is 2.47 bits per heavy atom. The topological polar surface area (TPSA) is 84.9 Å². The number of aryl methyl sites for hydroxylation is 2. The SMILES string of the molecule is Cc1cc(C)cc(N2C[C@]34C=C[C@@H](O3)[C@H](C(=O)O[C@H](C(=O)NC3CCCC3)C(C)C)[C@@H]4C2=O)c1. The van der Waals surface area contributed by atoms with Gasteiger partial charge < -0.3 is 19.7 Å². The number of ether oxygens (including phenoxy) is 2. The van der Waals surface area contributed by atoms with Crippen molar-refractivity contribution in [3.8, 4) is 0 Å². The molecule has 7 heteroatoms. The van der Waals surface area contributed by atoms with Gasteiger partial charge in [0.15, 0.2) is 6.10 Å². The first kappa shape index (κ1) is 23.1. The molecule has 0 unspecified atom stereocenters. The van der Waals surface area contributed by atoms with E-state index in [1.54, 1.807) is 4.90 Å². The molecule has 1 spiro atoms. The molecule has 0 radical (unpaired) electrons. The van der Waals surface area contributed by atoms with Crippen molar-refractivity contribution in [3.05, 3.63) is 41.5 Å². The third-order valence-electron chi connectivity index (χ3n) is 7.70. The van der Waals surface area contributed by atoms with Gasteiger partial charge in [-0.1, -0.05) is 44.9 Å². The second kappa shape index (κ2) is 8.52. The predicted molar refractivity (Wildman–Crippen MR) is 127 cm³/mol. The average Bonchev–Trinajstić information content (AvgIpc) is 3.53. The van der Waals surface area contributed by atoms with Gasteiger partial charge in [0.25, 0.3) is 5.91 Å². The molecule has 2 bridgehead atoms. The van der Waals surface area contributed by atoms with Crippen molar-refractivity contribution in [1.82, 2.24) is 5.32 Å². The largest absolute Gasteiger partial charge is 0.452 e. The van der Waals surface area contributed by atoms with Gasteiger partial charge in [-0.05, 0) is 55.9 Å². The van der Waals surface area contributed by atoms with E-state index in [9.17, 15) is 14.4 Å². The minimum absolute atomic E-state index is 0.129. The number of hydrogen-bond acceptors (Lipinski definition) is 5. The molecule has 7 nitrogen and oxygen atoms in total. The Labute approximate surface area is 200 Å². The number of anilines is 1. The lowest BCUT2D eigenvalue weighted by Crippen LogP contribution is -2.47. The summed E-state index contributed by atoms with van der Waals surface area (Å²) < 4.78 is 12.1. The summed E-state index contributed by atoms with van der Waals surface area (Å²) in [5.74, 6) is -2.50. The molecule has 3 aliphatic heterocycles. The van der Waals surface area contributed by atoms with E-state index in [0.29, 0.717) is 6.54 Å². The zero-order valence-corrected chi connectivity index (χ0v) is 20.4. The van der Waals surface area contributed by atoms with Crippen LogP contribution in [-0.4, -0.2) is 48.2 Å². The maximum Gasteiger partial charge on any atom is 0.313 e. The zero-order valence-electron chi connectivity index (χ0n) is 20.4. The van der Waals surface area contributed by atoms with Crippen molar-refractivity contribution < 1.29 is 23.9 Å². The number of nitrogens with one attached hydrogen (secondary N) is 1. The number of carbonyl (C=O) groups excluding carboxylic acids is 3. The van der Waals surface area contributed by atoms with Gasteiger partial charge in [-0.3, -0.25) is 14.4 Å². The van der Waals surface area contributed by atoms with Crippen molar-refractivity contribution in [3.63, 3.8) is 0 Å². The molecular weight excluding hydrogens is 432 g/mol. The quantitative estimate of drug-likeness (QED) is 0.514. The minimum Gasteiger partial charge on any atom is -0.452 e. The highest BCUT2D eigenvalue weighted by molar-refractivity contribution is 6.03. The monoisotopic (exact) mass is 466 g/mol. The average molecular weight is 467 g/mol. The number of rotatable bonds is 6. The maximum absolute atomic E-state index is 13.6. The molecule has 1 N–H and O–H groups in total. The molecule has 0 aromatic heterocycles. The molecule has 1 aromatic carbocycles. The molecule has 4 aliphatic rings. The summed E-state index contributed by atoms with van der Waals surface area (Å²) >= 11 is 0. The lowest BCUT2D eigenvalue weighted by atomic mass is 9.77. The van der Waals surface area contributed by atoms with E-state index in [1.165, 1.54) is 0 Å². The summed E-state index contributed by atoms with van der Waals surface area (Å²) in [5, 5.41) is 3.05. The van der Waals surface area contributed by atoms with Crippen LogP contribution in [0.25, 0.3) is 0 Å². The van der Waals surface area contributed by atoms with Crippen molar-refractivity contribution >= 4 is 23.5 Å². The van der Waals surface area contributed by atoms with Gasteiger partial charge in [-0.25, -0.2) is 0 Å². The first-order valence-corrected chi connectivity index (χ1v) is 12.5. The molecule has 1 aromatic rings. The van der Waals surface area contributed by atoms with Crippen LogP contribution in [0.3, 0.4) is 0 Å². The first-order chi connectivity index (χ1) is 16.2. The number of benzene rings is 1. The van der Waals surface area contributed by atoms with Gasteiger partial charge in [0, 0.05) is 11.7 Å². The van der Waals surface area contributed by atoms with Crippen LogP contribution in [0, 0.1) is 31.6 Å². The second-order valence-corrected chi connectivity index (χ2v) is 10.8. The summed E-state index contributed by atoms with van der Waals surface area (Å²) in [6.45, 7) is 8.11. The van der Waals surface area contributed by atoms with Crippen LogP contribution in [0.2, 0.25) is 0 Å². The van der Waals surface area contributed by atoms with Gasteiger partial charge in [-0.2, -0.15) is 0 Å². The number of amides is 2. The Morgan fingerprint density at radius 1 is 1.15 bits per heavy atom. The Hall–Kier alpha value is -2.67. The van der Waals surface area contributed by atoms with Crippen molar-refractivity contribution in [2.75, 3.05) is 11.4 Å². The fourth-order valence-corrected chi connectivity index (χ4v) is 6.14. The highest BCUT2D eigenvalue weighted by atomic mass is 16.6. The van der Waals surface area contributed by atoms with E-state index in [4.69, 9.17) is 9.47 Å². The van der Waals surface area contributed by atoms with Gasteiger partial charge in [0.05, 0.1) is 18.6 Å². The van der Waals surface area contributed by atoms with Crippen LogP contribution in [0.15, 0.2) is 30.4 Å². The summed E-state index contributed by atoms with van der Waals surface area (Å²) in [7, 11) is 0. The molecule has 3 heterocycles. The van der Waals surface area contributed by atoms with E-state index in [2.05, 4.69) is 11.4 Å².